The number of nitrogens with zero attached hydrogens (tertiary/aromatic N) is 4. The summed E-state index contributed by atoms with van der Waals surface area (Å²) in [5.74, 6) is 1.23. The Kier molecular flexibility index (Phi) is 2.72. The molecular formula is C13H11ClN4. The molecule has 4 nitrogen and oxygen atoms in total. The Morgan fingerprint density at radius 2 is 2.00 bits per heavy atom. The van der Waals surface area contributed by atoms with E-state index in [9.17, 15) is 0 Å². The van der Waals surface area contributed by atoms with Crippen molar-refractivity contribution in [2.75, 3.05) is 0 Å². The van der Waals surface area contributed by atoms with Crippen molar-refractivity contribution in [1.29, 1.82) is 0 Å². The Morgan fingerprint density at radius 3 is 2.78 bits per heavy atom. The molecule has 18 heavy (non-hydrogen) atoms. The first-order valence-electron chi connectivity index (χ1n) is 5.63. The highest BCUT2D eigenvalue weighted by molar-refractivity contribution is 6.17. The van der Waals surface area contributed by atoms with Gasteiger partial charge in [0.2, 0.25) is 0 Å². The van der Waals surface area contributed by atoms with Crippen LogP contribution in [0.25, 0.3) is 16.9 Å². The van der Waals surface area contributed by atoms with Crippen molar-refractivity contribution in [2.24, 2.45) is 0 Å². The molecule has 90 valence electrons. The van der Waals surface area contributed by atoms with E-state index in [1.807, 2.05) is 43.3 Å². The van der Waals surface area contributed by atoms with Crippen LogP contribution in [-0.4, -0.2) is 20.0 Å². The maximum Gasteiger partial charge on any atom is 0.156 e. The van der Waals surface area contributed by atoms with Gasteiger partial charge in [0.1, 0.15) is 5.52 Å². The molecule has 1 aromatic carbocycles. The minimum atomic E-state index is 0.469. The molecule has 0 aliphatic rings. The molecule has 5 heteroatoms. The van der Waals surface area contributed by atoms with Crippen LogP contribution in [-0.2, 0) is 5.88 Å². The molecule has 0 saturated carbocycles. The number of halogens is 1. The van der Waals surface area contributed by atoms with Crippen molar-refractivity contribution in [2.45, 2.75) is 12.8 Å². The predicted octanol–water partition coefficient (Wildman–Crippen LogP) is 2.86. The highest BCUT2D eigenvalue weighted by Gasteiger charge is 2.08. The number of alkyl halides is 1. The van der Waals surface area contributed by atoms with Gasteiger partial charge in [-0.25, -0.2) is 4.98 Å². The van der Waals surface area contributed by atoms with Gasteiger partial charge in [-0.15, -0.1) is 16.7 Å². The molecule has 0 fully saturated rings. The molecule has 0 atom stereocenters. The van der Waals surface area contributed by atoms with Crippen LogP contribution in [0.4, 0.5) is 0 Å². The lowest BCUT2D eigenvalue weighted by atomic mass is 10.2. The number of pyridine rings is 1. The fourth-order valence-corrected chi connectivity index (χ4v) is 2.16. The Morgan fingerprint density at radius 1 is 1.17 bits per heavy atom. The lowest BCUT2D eigenvalue weighted by Crippen LogP contribution is -2.02. The van der Waals surface area contributed by atoms with Gasteiger partial charge in [-0.3, -0.25) is 0 Å². The average molecular weight is 259 g/mol. The fourth-order valence-electron chi connectivity index (χ4n) is 1.87. The van der Waals surface area contributed by atoms with Crippen molar-refractivity contribution < 1.29 is 0 Å². The van der Waals surface area contributed by atoms with E-state index in [1.165, 1.54) is 0 Å². The van der Waals surface area contributed by atoms with Gasteiger partial charge in [-0.2, -0.15) is 4.68 Å². The number of benzene rings is 1. The third kappa shape index (κ3) is 1.75. The summed E-state index contributed by atoms with van der Waals surface area (Å²) < 4.78 is 1.74. The second kappa shape index (κ2) is 4.38. The van der Waals surface area contributed by atoms with Gasteiger partial charge in [-0.1, -0.05) is 23.4 Å². The average Bonchev–Trinajstić information content (AvgIpc) is 2.82. The molecule has 0 radical (unpaired) electrons. The molecule has 0 amide bonds. The standard InChI is InChI=1S/C13H11ClN4/c1-9-10(8-14)6-7-13(15-9)18-12-5-3-2-4-11(12)16-17-18/h2-7H,8H2,1H3. The number of para-hydroxylation sites is 1. The van der Waals surface area contributed by atoms with Gasteiger partial charge in [0.05, 0.1) is 5.52 Å². The van der Waals surface area contributed by atoms with Crippen molar-refractivity contribution in [3.05, 3.63) is 47.7 Å². The van der Waals surface area contributed by atoms with E-state index >= 15 is 0 Å². The van der Waals surface area contributed by atoms with Crippen molar-refractivity contribution in [1.82, 2.24) is 20.0 Å². The SMILES string of the molecule is Cc1nc(-n2nnc3ccccc32)ccc1CCl. The second-order valence-electron chi connectivity index (χ2n) is 4.04. The van der Waals surface area contributed by atoms with E-state index in [1.54, 1.807) is 4.68 Å². The number of aromatic nitrogens is 4. The van der Waals surface area contributed by atoms with Crippen LogP contribution in [0, 0.1) is 6.92 Å². The van der Waals surface area contributed by atoms with Crippen LogP contribution in [0.1, 0.15) is 11.3 Å². The monoisotopic (exact) mass is 258 g/mol. The molecule has 0 aliphatic carbocycles. The second-order valence-corrected chi connectivity index (χ2v) is 4.30. The van der Waals surface area contributed by atoms with Crippen molar-refractivity contribution >= 4 is 22.6 Å². The lowest BCUT2D eigenvalue weighted by Gasteiger charge is -2.05. The summed E-state index contributed by atoms with van der Waals surface area (Å²) in [6, 6.07) is 11.7. The third-order valence-corrected chi connectivity index (χ3v) is 3.18. The summed E-state index contributed by atoms with van der Waals surface area (Å²) in [5, 5.41) is 8.25. The van der Waals surface area contributed by atoms with Gasteiger partial charge < -0.3 is 0 Å². The van der Waals surface area contributed by atoms with E-state index in [0.29, 0.717) is 5.88 Å². The molecule has 0 aliphatic heterocycles. The molecule has 2 aromatic heterocycles. The Bertz CT molecular complexity index is 705. The first-order valence-corrected chi connectivity index (χ1v) is 6.16. The van der Waals surface area contributed by atoms with E-state index in [2.05, 4.69) is 15.3 Å². The fraction of sp³-hybridized carbons (Fsp3) is 0.154. The predicted molar refractivity (Wildman–Crippen MR) is 71.0 cm³/mol. The lowest BCUT2D eigenvalue weighted by molar-refractivity contribution is 0.796. The van der Waals surface area contributed by atoms with E-state index in [0.717, 1.165) is 28.1 Å². The molecular weight excluding hydrogens is 248 g/mol. The topological polar surface area (TPSA) is 43.6 Å². The van der Waals surface area contributed by atoms with E-state index in [4.69, 9.17) is 11.6 Å². The Labute approximate surface area is 109 Å². The largest absolute Gasteiger partial charge is 0.234 e. The van der Waals surface area contributed by atoms with Crippen LogP contribution in [0.2, 0.25) is 0 Å². The minimum Gasteiger partial charge on any atom is -0.234 e. The maximum absolute atomic E-state index is 5.83. The maximum atomic E-state index is 5.83. The van der Waals surface area contributed by atoms with E-state index < -0.39 is 0 Å². The summed E-state index contributed by atoms with van der Waals surface area (Å²) in [7, 11) is 0. The number of aryl methyl sites for hydroxylation is 1. The zero-order valence-corrected chi connectivity index (χ0v) is 10.6. The Hall–Kier alpha value is -1.94. The highest BCUT2D eigenvalue weighted by Crippen LogP contribution is 2.16. The van der Waals surface area contributed by atoms with Crippen LogP contribution in [0.15, 0.2) is 36.4 Å². The van der Waals surface area contributed by atoms with Crippen LogP contribution in [0.3, 0.4) is 0 Å². The normalized spacial score (nSPS) is 11.0. The molecule has 0 bridgehead atoms. The van der Waals surface area contributed by atoms with Crippen LogP contribution < -0.4 is 0 Å². The number of rotatable bonds is 2. The summed E-state index contributed by atoms with van der Waals surface area (Å²) >= 11 is 5.83. The van der Waals surface area contributed by atoms with Gasteiger partial charge in [0, 0.05) is 11.6 Å². The molecule has 0 spiro atoms. The summed E-state index contributed by atoms with van der Waals surface area (Å²) in [6.45, 7) is 1.94. The van der Waals surface area contributed by atoms with Crippen LogP contribution >= 0.6 is 11.6 Å². The Balaban J connectivity index is 2.17. The zero-order chi connectivity index (χ0) is 12.5. The number of hydrogen-bond acceptors (Lipinski definition) is 3. The van der Waals surface area contributed by atoms with Crippen molar-refractivity contribution in [3.63, 3.8) is 0 Å². The van der Waals surface area contributed by atoms with E-state index in [-0.39, 0.29) is 0 Å². The first kappa shape index (κ1) is 11.2. The highest BCUT2D eigenvalue weighted by atomic mass is 35.5. The van der Waals surface area contributed by atoms with Gasteiger partial charge in [-0.05, 0) is 30.7 Å². The quantitative estimate of drug-likeness (QED) is 0.664. The van der Waals surface area contributed by atoms with Gasteiger partial charge in [0.15, 0.2) is 5.82 Å². The summed E-state index contributed by atoms with van der Waals surface area (Å²) in [5.41, 5.74) is 3.76. The molecule has 0 unspecified atom stereocenters. The number of fused-ring (bicyclic) bond motifs is 1. The van der Waals surface area contributed by atoms with Crippen LogP contribution in [0.5, 0.6) is 0 Å². The van der Waals surface area contributed by atoms with Gasteiger partial charge >= 0.3 is 0 Å². The third-order valence-electron chi connectivity index (χ3n) is 2.89. The number of hydrogen-bond donors (Lipinski definition) is 0. The van der Waals surface area contributed by atoms with Crippen molar-refractivity contribution in [3.8, 4) is 5.82 Å². The van der Waals surface area contributed by atoms with Gasteiger partial charge in [0.25, 0.3) is 0 Å². The molecule has 2 heterocycles. The molecule has 3 aromatic rings. The molecule has 0 saturated heterocycles. The molecule has 3 rings (SSSR count). The smallest absolute Gasteiger partial charge is 0.156 e. The minimum absolute atomic E-state index is 0.469. The first-order chi connectivity index (χ1) is 8.79. The zero-order valence-electron chi connectivity index (χ0n) is 9.84. The summed E-state index contributed by atoms with van der Waals surface area (Å²) in [4.78, 5) is 4.51. The molecule has 0 N–H and O–H groups in total. The summed E-state index contributed by atoms with van der Waals surface area (Å²) in [6.07, 6.45) is 0.